The number of nitrogens with one attached hydrogen (secondary N) is 1. The van der Waals surface area contributed by atoms with Gasteiger partial charge in [-0.3, -0.25) is 0 Å². The van der Waals surface area contributed by atoms with Crippen LogP contribution in [0.3, 0.4) is 0 Å². The predicted octanol–water partition coefficient (Wildman–Crippen LogP) is 3.94. The van der Waals surface area contributed by atoms with E-state index in [4.69, 9.17) is 5.11 Å². The lowest BCUT2D eigenvalue weighted by Gasteiger charge is -2.10. The molecule has 0 radical (unpaired) electrons. The molecule has 0 aromatic heterocycles. The van der Waals surface area contributed by atoms with Crippen molar-refractivity contribution >= 4 is 16.5 Å². The first-order chi connectivity index (χ1) is 9.86. The van der Waals surface area contributed by atoms with Gasteiger partial charge in [-0.15, -0.1) is 0 Å². The lowest BCUT2D eigenvalue weighted by molar-refractivity contribution is 0.282. The minimum atomic E-state index is 0.0732. The lowest BCUT2D eigenvalue weighted by atomic mass is 10.0. The Bertz CT molecular complexity index is 716. The maximum Gasteiger partial charge on any atom is 0.0682 e. The van der Waals surface area contributed by atoms with E-state index in [0.717, 1.165) is 17.8 Å². The molecule has 0 atom stereocenters. The van der Waals surface area contributed by atoms with E-state index in [2.05, 4.69) is 47.8 Å². The second-order valence-electron chi connectivity index (χ2n) is 4.85. The van der Waals surface area contributed by atoms with Gasteiger partial charge in [0.2, 0.25) is 0 Å². The van der Waals surface area contributed by atoms with Crippen LogP contribution >= 0.6 is 0 Å². The molecule has 0 saturated heterocycles. The van der Waals surface area contributed by atoms with Crippen LogP contribution in [0.25, 0.3) is 10.8 Å². The third kappa shape index (κ3) is 2.65. The molecule has 0 heterocycles. The number of rotatable bonds is 4. The molecule has 2 heteroatoms. The van der Waals surface area contributed by atoms with Gasteiger partial charge in [-0.2, -0.15) is 0 Å². The van der Waals surface area contributed by atoms with E-state index in [1.165, 1.54) is 16.3 Å². The van der Waals surface area contributed by atoms with Crippen molar-refractivity contribution in [3.8, 4) is 0 Å². The first-order valence-corrected chi connectivity index (χ1v) is 6.77. The highest BCUT2D eigenvalue weighted by atomic mass is 16.3. The minimum absolute atomic E-state index is 0.0732. The fourth-order valence-electron chi connectivity index (χ4n) is 2.42. The quantitative estimate of drug-likeness (QED) is 0.747. The number of hydrogen-bond acceptors (Lipinski definition) is 2. The molecular weight excluding hydrogens is 246 g/mol. The Hall–Kier alpha value is -2.32. The van der Waals surface area contributed by atoms with E-state index in [-0.39, 0.29) is 6.61 Å². The Morgan fingerprint density at radius 2 is 1.65 bits per heavy atom. The summed E-state index contributed by atoms with van der Waals surface area (Å²) < 4.78 is 0. The zero-order chi connectivity index (χ0) is 13.8. The summed E-state index contributed by atoms with van der Waals surface area (Å²) >= 11 is 0. The number of aliphatic hydroxyl groups excluding tert-OH is 1. The van der Waals surface area contributed by atoms with Crippen LogP contribution in [0.4, 0.5) is 5.69 Å². The van der Waals surface area contributed by atoms with Crippen LogP contribution in [0.2, 0.25) is 0 Å². The number of fused-ring (bicyclic) bond motifs is 1. The number of benzene rings is 3. The van der Waals surface area contributed by atoms with Crippen molar-refractivity contribution in [1.82, 2.24) is 0 Å². The number of aliphatic hydroxyl groups is 1. The molecule has 100 valence electrons. The molecular formula is C18H17NO. The first kappa shape index (κ1) is 12.7. The summed E-state index contributed by atoms with van der Waals surface area (Å²) in [5, 5.41) is 15.1. The molecule has 0 aliphatic heterocycles. The van der Waals surface area contributed by atoms with Crippen LogP contribution in [0.1, 0.15) is 11.1 Å². The highest BCUT2D eigenvalue weighted by Crippen LogP contribution is 2.20. The highest BCUT2D eigenvalue weighted by Gasteiger charge is 2.00. The number of hydrogen-bond donors (Lipinski definition) is 2. The Morgan fingerprint density at radius 1 is 0.850 bits per heavy atom. The Labute approximate surface area is 118 Å². The van der Waals surface area contributed by atoms with Crippen LogP contribution in [-0.4, -0.2) is 5.11 Å². The summed E-state index contributed by atoms with van der Waals surface area (Å²) in [5.74, 6) is 0. The zero-order valence-electron chi connectivity index (χ0n) is 11.2. The fourth-order valence-corrected chi connectivity index (χ4v) is 2.42. The molecule has 0 saturated carbocycles. The topological polar surface area (TPSA) is 32.3 Å². The Balaban J connectivity index is 1.83. The van der Waals surface area contributed by atoms with Gasteiger partial charge in [0.1, 0.15) is 0 Å². The maximum atomic E-state index is 9.16. The second-order valence-corrected chi connectivity index (χ2v) is 4.85. The van der Waals surface area contributed by atoms with E-state index < -0.39 is 0 Å². The highest BCUT2D eigenvalue weighted by molar-refractivity contribution is 5.85. The largest absolute Gasteiger partial charge is 0.392 e. The van der Waals surface area contributed by atoms with Crippen molar-refractivity contribution in [3.63, 3.8) is 0 Å². The first-order valence-electron chi connectivity index (χ1n) is 6.77. The Morgan fingerprint density at radius 3 is 2.55 bits per heavy atom. The normalized spacial score (nSPS) is 10.7. The van der Waals surface area contributed by atoms with Gasteiger partial charge < -0.3 is 10.4 Å². The van der Waals surface area contributed by atoms with Crippen molar-refractivity contribution in [1.29, 1.82) is 0 Å². The van der Waals surface area contributed by atoms with Crippen molar-refractivity contribution in [2.45, 2.75) is 13.2 Å². The third-order valence-electron chi connectivity index (χ3n) is 3.47. The average molecular weight is 263 g/mol. The van der Waals surface area contributed by atoms with Crippen molar-refractivity contribution < 1.29 is 5.11 Å². The molecule has 0 aliphatic rings. The summed E-state index contributed by atoms with van der Waals surface area (Å²) in [6.07, 6.45) is 0. The van der Waals surface area contributed by atoms with Crippen molar-refractivity contribution in [3.05, 3.63) is 77.9 Å². The molecule has 0 aliphatic carbocycles. The van der Waals surface area contributed by atoms with Gasteiger partial charge in [0.25, 0.3) is 0 Å². The molecule has 20 heavy (non-hydrogen) atoms. The second kappa shape index (κ2) is 5.76. The van der Waals surface area contributed by atoms with Crippen LogP contribution in [-0.2, 0) is 13.2 Å². The smallest absolute Gasteiger partial charge is 0.0682 e. The summed E-state index contributed by atoms with van der Waals surface area (Å²) in [7, 11) is 0. The molecule has 0 fully saturated rings. The molecule has 2 nitrogen and oxygen atoms in total. The fraction of sp³-hybridized carbons (Fsp3) is 0.111. The van der Waals surface area contributed by atoms with Gasteiger partial charge in [-0.25, -0.2) is 0 Å². The van der Waals surface area contributed by atoms with Crippen LogP contribution < -0.4 is 5.32 Å². The maximum absolute atomic E-state index is 9.16. The van der Waals surface area contributed by atoms with E-state index in [1.54, 1.807) is 0 Å². The van der Waals surface area contributed by atoms with Gasteiger partial charge in [-0.05, 0) is 34.0 Å². The van der Waals surface area contributed by atoms with E-state index in [9.17, 15) is 0 Å². The summed E-state index contributed by atoms with van der Waals surface area (Å²) in [5.41, 5.74) is 3.23. The standard InChI is InChI=1S/C18H17NO/c20-13-14-5-3-9-17(11-14)19-12-16-8-4-7-15-6-1-2-10-18(15)16/h1-11,19-20H,12-13H2. The summed E-state index contributed by atoms with van der Waals surface area (Å²) in [6, 6.07) is 22.6. The third-order valence-corrected chi connectivity index (χ3v) is 3.47. The summed E-state index contributed by atoms with van der Waals surface area (Å²) in [6.45, 7) is 0.847. The van der Waals surface area contributed by atoms with Gasteiger partial charge in [-0.1, -0.05) is 54.6 Å². The molecule has 0 amide bonds. The van der Waals surface area contributed by atoms with E-state index in [1.807, 2.05) is 24.3 Å². The van der Waals surface area contributed by atoms with Gasteiger partial charge >= 0.3 is 0 Å². The van der Waals surface area contributed by atoms with E-state index >= 15 is 0 Å². The van der Waals surface area contributed by atoms with Gasteiger partial charge in [0, 0.05) is 12.2 Å². The minimum Gasteiger partial charge on any atom is -0.392 e. The zero-order valence-corrected chi connectivity index (χ0v) is 11.2. The predicted molar refractivity (Wildman–Crippen MR) is 83.6 cm³/mol. The van der Waals surface area contributed by atoms with Crippen molar-refractivity contribution in [2.75, 3.05) is 5.32 Å². The van der Waals surface area contributed by atoms with Crippen LogP contribution in [0.15, 0.2) is 66.7 Å². The molecule has 3 aromatic carbocycles. The van der Waals surface area contributed by atoms with Gasteiger partial charge in [0.15, 0.2) is 0 Å². The molecule has 3 rings (SSSR count). The number of anilines is 1. The molecule has 0 unspecified atom stereocenters. The Kier molecular flexibility index (Phi) is 3.66. The van der Waals surface area contributed by atoms with Crippen LogP contribution in [0.5, 0.6) is 0 Å². The SMILES string of the molecule is OCc1cccc(NCc2cccc3ccccc23)c1. The monoisotopic (exact) mass is 263 g/mol. The molecule has 0 spiro atoms. The lowest BCUT2D eigenvalue weighted by Crippen LogP contribution is -2.00. The average Bonchev–Trinajstić information content (AvgIpc) is 2.53. The molecule has 2 N–H and O–H groups in total. The molecule has 0 bridgehead atoms. The summed E-state index contributed by atoms with van der Waals surface area (Å²) in [4.78, 5) is 0. The van der Waals surface area contributed by atoms with Gasteiger partial charge in [0.05, 0.1) is 6.61 Å². The van der Waals surface area contributed by atoms with Crippen LogP contribution in [0, 0.1) is 0 Å². The van der Waals surface area contributed by atoms with Crippen molar-refractivity contribution in [2.24, 2.45) is 0 Å². The molecule has 3 aromatic rings. The van der Waals surface area contributed by atoms with E-state index in [0.29, 0.717) is 0 Å².